The van der Waals surface area contributed by atoms with Crippen LogP contribution >= 0.6 is 0 Å². The molecule has 4 heterocycles. The second-order valence-corrected chi connectivity index (χ2v) is 9.66. The van der Waals surface area contributed by atoms with Crippen LogP contribution in [0.25, 0.3) is 28.2 Å². The van der Waals surface area contributed by atoms with Gasteiger partial charge in [0.1, 0.15) is 5.52 Å². The first kappa shape index (κ1) is 22.5. The van der Waals surface area contributed by atoms with Crippen LogP contribution in [0.15, 0.2) is 59.1 Å². The minimum atomic E-state index is 0.243. The Labute approximate surface area is 209 Å². The molecule has 9 heteroatoms. The number of rotatable bonds is 6. The lowest BCUT2D eigenvalue weighted by Gasteiger charge is -2.30. The van der Waals surface area contributed by atoms with E-state index >= 15 is 0 Å². The molecule has 1 fully saturated rings. The fraction of sp³-hybridized carbons (Fsp3) is 0.333. The summed E-state index contributed by atoms with van der Waals surface area (Å²) in [7, 11) is 0. The van der Waals surface area contributed by atoms with Gasteiger partial charge in [0.15, 0.2) is 11.2 Å². The molecule has 5 aromatic rings. The zero-order chi connectivity index (χ0) is 24.6. The first-order valence-electron chi connectivity index (χ1n) is 12.5. The first-order chi connectivity index (χ1) is 17.6. The van der Waals surface area contributed by atoms with Gasteiger partial charge >= 0.3 is 0 Å². The number of hydrogen-bond donors (Lipinski definition) is 2. The van der Waals surface area contributed by atoms with E-state index in [0.29, 0.717) is 30.3 Å². The van der Waals surface area contributed by atoms with Crippen LogP contribution in [0.5, 0.6) is 0 Å². The van der Waals surface area contributed by atoms with E-state index < -0.39 is 0 Å². The number of para-hydroxylation sites is 2. The smallest absolute Gasteiger partial charge is 0.230 e. The summed E-state index contributed by atoms with van der Waals surface area (Å²) in [6, 6.07) is 16.2. The molecule has 1 aliphatic rings. The minimum absolute atomic E-state index is 0.243. The SMILES string of the molecule is CC(C)c1cnn2c(NCc3ccccc3-c3nc4ccccc4o3)nc(N3CCC(N)CC3)nc12. The number of anilines is 2. The van der Waals surface area contributed by atoms with Gasteiger partial charge in [0.05, 0.1) is 6.20 Å². The molecular weight excluding hydrogens is 452 g/mol. The molecule has 184 valence electrons. The summed E-state index contributed by atoms with van der Waals surface area (Å²) in [6.45, 7) is 6.54. The van der Waals surface area contributed by atoms with Crippen LogP contribution in [0.4, 0.5) is 11.9 Å². The maximum Gasteiger partial charge on any atom is 0.230 e. The monoisotopic (exact) mass is 482 g/mol. The quantitative estimate of drug-likeness (QED) is 0.361. The zero-order valence-corrected chi connectivity index (χ0v) is 20.6. The van der Waals surface area contributed by atoms with Crippen LogP contribution in [-0.4, -0.2) is 43.7 Å². The minimum Gasteiger partial charge on any atom is -0.436 e. The Bertz CT molecular complexity index is 1480. The van der Waals surface area contributed by atoms with Gasteiger partial charge in [-0.3, -0.25) is 0 Å². The van der Waals surface area contributed by atoms with Crippen molar-refractivity contribution in [3.05, 3.63) is 65.9 Å². The summed E-state index contributed by atoms with van der Waals surface area (Å²) in [6.07, 6.45) is 3.76. The van der Waals surface area contributed by atoms with Crippen molar-refractivity contribution in [3.63, 3.8) is 0 Å². The summed E-state index contributed by atoms with van der Waals surface area (Å²) < 4.78 is 7.86. The van der Waals surface area contributed by atoms with Crippen LogP contribution in [0.1, 0.15) is 43.7 Å². The van der Waals surface area contributed by atoms with Crippen LogP contribution in [-0.2, 0) is 6.54 Å². The Morgan fingerprint density at radius 3 is 2.61 bits per heavy atom. The van der Waals surface area contributed by atoms with Crippen molar-refractivity contribution in [1.29, 1.82) is 0 Å². The van der Waals surface area contributed by atoms with Crippen molar-refractivity contribution in [2.45, 2.75) is 45.2 Å². The summed E-state index contributed by atoms with van der Waals surface area (Å²) in [5, 5.41) is 8.14. The van der Waals surface area contributed by atoms with Crippen LogP contribution in [0.2, 0.25) is 0 Å². The zero-order valence-electron chi connectivity index (χ0n) is 20.6. The van der Waals surface area contributed by atoms with E-state index in [-0.39, 0.29) is 6.04 Å². The lowest BCUT2D eigenvalue weighted by molar-refractivity contribution is 0.495. The number of nitrogens with one attached hydrogen (secondary N) is 1. The molecule has 0 saturated carbocycles. The van der Waals surface area contributed by atoms with Crippen LogP contribution < -0.4 is 16.0 Å². The summed E-state index contributed by atoms with van der Waals surface area (Å²) in [5.41, 5.74) is 11.7. The van der Waals surface area contributed by atoms with Crippen molar-refractivity contribution in [2.24, 2.45) is 5.73 Å². The third kappa shape index (κ3) is 4.15. The molecule has 3 N–H and O–H groups in total. The van der Waals surface area contributed by atoms with Gasteiger partial charge in [-0.1, -0.05) is 44.2 Å². The Hall–Kier alpha value is -3.98. The van der Waals surface area contributed by atoms with Crippen molar-refractivity contribution < 1.29 is 4.42 Å². The van der Waals surface area contributed by atoms with E-state index in [1.807, 2.05) is 48.7 Å². The number of piperidine rings is 1. The van der Waals surface area contributed by atoms with Gasteiger partial charge in [-0.05, 0) is 42.5 Å². The number of fused-ring (bicyclic) bond motifs is 2. The molecule has 0 atom stereocenters. The van der Waals surface area contributed by atoms with Gasteiger partial charge in [0, 0.05) is 36.8 Å². The summed E-state index contributed by atoms with van der Waals surface area (Å²) in [5.74, 6) is 2.27. The maximum absolute atomic E-state index is 6.13. The number of aromatic nitrogens is 5. The largest absolute Gasteiger partial charge is 0.436 e. The number of benzene rings is 2. The number of nitrogens with two attached hydrogens (primary N) is 1. The summed E-state index contributed by atoms with van der Waals surface area (Å²) >= 11 is 0. The molecule has 0 bridgehead atoms. The van der Waals surface area contributed by atoms with E-state index in [1.165, 1.54) is 0 Å². The van der Waals surface area contributed by atoms with Gasteiger partial charge in [-0.25, -0.2) is 4.98 Å². The van der Waals surface area contributed by atoms with Crippen molar-refractivity contribution in [1.82, 2.24) is 24.6 Å². The third-order valence-corrected chi connectivity index (χ3v) is 6.81. The Morgan fingerprint density at radius 1 is 1.03 bits per heavy atom. The topological polar surface area (TPSA) is 110 Å². The molecule has 0 amide bonds. The Morgan fingerprint density at radius 2 is 1.81 bits per heavy atom. The molecule has 6 rings (SSSR count). The molecule has 0 spiro atoms. The van der Waals surface area contributed by atoms with E-state index in [9.17, 15) is 0 Å². The van der Waals surface area contributed by atoms with Gasteiger partial charge in [-0.2, -0.15) is 19.6 Å². The van der Waals surface area contributed by atoms with Gasteiger partial charge in [0.25, 0.3) is 0 Å². The molecule has 0 unspecified atom stereocenters. The van der Waals surface area contributed by atoms with E-state index in [0.717, 1.165) is 59.4 Å². The second kappa shape index (κ2) is 9.23. The molecule has 0 radical (unpaired) electrons. The predicted molar refractivity (Wildman–Crippen MR) is 141 cm³/mol. The normalized spacial score (nSPS) is 14.8. The first-order valence-corrected chi connectivity index (χ1v) is 12.5. The lowest BCUT2D eigenvalue weighted by atomic mass is 10.1. The molecule has 3 aromatic heterocycles. The standard InChI is InChI=1S/C27H30N8O/c1-17(2)21-16-30-35-24(21)32-27(34-13-11-19(28)12-14-34)33-26(35)29-15-18-7-3-4-8-20(18)25-31-22-9-5-6-10-23(22)36-25/h3-10,16-17,19H,11-15,28H2,1-2H3,(H,29,32,33). The number of nitrogens with zero attached hydrogens (tertiary/aromatic N) is 6. The number of hydrogen-bond acceptors (Lipinski definition) is 8. The van der Waals surface area contributed by atoms with E-state index in [2.05, 4.69) is 35.2 Å². The molecule has 1 saturated heterocycles. The summed E-state index contributed by atoms with van der Waals surface area (Å²) in [4.78, 5) is 16.7. The third-order valence-electron chi connectivity index (χ3n) is 6.81. The molecular formula is C27H30N8O. The Balaban J connectivity index is 1.35. The maximum atomic E-state index is 6.13. The molecule has 36 heavy (non-hydrogen) atoms. The molecule has 2 aromatic carbocycles. The lowest BCUT2D eigenvalue weighted by Crippen LogP contribution is -2.40. The highest BCUT2D eigenvalue weighted by Gasteiger charge is 2.22. The fourth-order valence-electron chi connectivity index (χ4n) is 4.69. The second-order valence-electron chi connectivity index (χ2n) is 9.66. The van der Waals surface area contributed by atoms with Crippen molar-refractivity contribution in [2.75, 3.05) is 23.3 Å². The highest BCUT2D eigenvalue weighted by Crippen LogP contribution is 2.29. The van der Waals surface area contributed by atoms with Crippen molar-refractivity contribution in [3.8, 4) is 11.5 Å². The van der Waals surface area contributed by atoms with E-state index in [1.54, 1.807) is 4.52 Å². The predicted octanol–water partition coefficient (Wildman–Crippen LogP) is 4.60. The van der Waals surface area contributed by atoms with Crippen LogP contribution in [0, 0.1) is 0 Å². The highest BCUT2D eigenvalue weighted by atomic mass is 16.3. The van der Waals surface area contributed by atoms with Gasteiger partial charge < -0.3 is 20.4 Å². The van der Waals surface area contributed by atoms with Gasteiger partial charge in [-0.15, -0.1) is 0 Å². The van der Waals surface area contributed by atoms with Crippen LogP contribution in [0.3, 0.4) is 0 Å². The van der Waals surface area contributed by atoms with Crippen molar-refractivity contribution >= 4 is 28.6 Å². The average molecular weight is 483 g/mol. The molecule has 9 nitrogen and oxygen atoms in total. The fourth-order valence-corrected chi connectivity index (χ4v) is 4.69. The van der Waals surface area contributed by atoms with E-state index in [4.69, 9.17) is 25.1 Å². The average Bonchev–Trinajstić information content (AvgIpc) is 3.52. The molecule has 0 aliphatic carbocycles. The van der Waals surface area contributed by atoms with Gasteiger partial charge in [0.2, 0.25) is 17.8 Å². The molecule has 1 aliphatic heterocycles. The Kier molecular flexibility index (Phi) is 5.77. The number of oxazole rings is 1. The highest BCUT2D eigenvalue weighted by molar-refractivity contribution is 5.76.